The van der Waals surface area contributed by atoms with Gasteiger partial charge in [0.1, 0.15) is 11.5 Å². The zero-order valence-electron chi connectivity index (χ0n) is 11.9. The zero-order valence-corrected chi connectivity index (χ0v) is 11.9. The molecule has 1 aromatic carbocycles. The first-order chi connectivity index (χ1) is 9.11. The van der Waals surface area contributed by atoms with Crippen LogP contribution in [-0.4, -0.2) is 12.3 Å². The van der Waals surface area contributed by atoms with Crippen LogP contribution in [-0.2, 0) is 6.54 Å². The molecular weight excluding hydrogens is 240 g/mol. The number of nitrogens with one attached hydrogen (secondary N) is 1. The van der Waals surface area contributed by atoms with Crippen LogP contribution in [0, 0.1) is 13.8 Å². The normalized spacial score (nSPS) is 12.4. The molecule has 1 heterocycles. The Kier molecular flexibility index (Phi) is 4.22. The molecule has 102 valence electrons. The minimum atomic E-state index is 0.264. The summed E-state index contributed by atoms with van der Waals surface area (Å²) in [5.74, 6) is 1.76. The van der Waals surface area contributed by atoms with Gasteiger partial charge in [0.05, 0.1) is 12.8 Å². The Bertz CT molecular complexity index is 512. The van der Waals surface area contributed by atoms with Crippen LogP contribution in [0.15, 0.2) is 28.8 Å². The molecule has 2 aromatic rings. The van der Waals surface area contributed by atoms with Crippen molar-refractivity contribution in [3.63, 3.8) is 0 Å². The third kappa shape index (κ3) is 3.15. The zero-order chi connectivity index (χ0) is 13.8. The summed E-state index contributed by atoms with van der Waals surface area (Å²) in [6.07, 6.45) is 0. The highest BCUT2D eigenvalue weighted by atomic mass is 16.5. The van der Waals surface area contributed by atoms with E-state index in [1.54, 1.807) is 7.11 Å². The van der Waals surface area contributed by atoms with Crippen molar-refractivity contribution in [2.45, 2.75) is 33.4 Å². The highest BCUT2D eigenvalue weighted by molar-refractivity contribution is 5.29. The molecule has 4 heteroatoms. The van der Waals surface area contributed by atoms with E-state index in [0.29, 0.717) is 0 Å². The van der Waals surface area contributed by atoms with Gasteiger partial charge in [-0.15, -0.1) is 0 Å². The van der Waals surface area contributed by atoms with E-state index in [1.165, 1.54) is 5.56 Å². The number of hydrogen-bond acceptors (Lipinski definition) is 4. The second-order valence-corrected chi connectivity index (χ2v) is 4.68. The van der Waals surface area contributed by atoms with Crippen LogP contribution in [0.3, 0.4) is 0 Å². The number of methoxy groups -OCH3 is 1. The molecule has 0 aliphatic rings. The Morgan fingerprint density at radius 3 is 2.47 bits per heavy atom. The van der Waals surface area contributed by atoms with Gasteiger partial charge in [-0.05, 0) is 38.5 Å². The molecule has 0 aliphatic heterocycles. The highest BCUT2D eigenvalue weighted by Gasteiger charge is 2.11. The van der Waals surface area contributed by atoms with Crippen LogP contribution in [0.1, 0.15) is 35.5 Å². The molecule has 0 radical (unpaired) electrons. The number of aryl methyl sites for hydroxylation is 2. The monoisotopic (exact) mass is 260 g/mol. The molecule has 1 atom stereocenters. The topological polar surface area (TPSA) is 47.3 Å². The van der Waals surface area contributed by atoms with Gasteiger partial charge in [-0.3, -0.25) is 0 Å². The lowest BCUT2D eigenvalue weighted by Crippen LogP contribution is -2.18. The molecule has 19 heavy (non-hydrogen) atoms. The van der Waals surface area contributed by atoms with Crippen molar-refractivity contribution >= 4 is 0 Å². The van der Waals surface area contributed by atoms with Gasteiger partial charge in [0.25, 0.3) is 0 Å². The molecular formula is C15H20N2O2. The summed E-state index contributed by atoms with van der Waals surface area (Å²) in [6, 6.07) is 8.36. The average molecular weight is 260 g/mol. The van der Waals surface area contributed by atoms with E-state index in [2.05, 4.69) is 29.5 Å². The molecule has 2 rings (SSSR count). The Labute approximate surface area is 113 Å². The number of benzene rings is 1. The van der Waals surface area contributed by atoms with E-state index in [-0.39, 0.29) is 6.04 Å². The van der Waals surface area contributed by atoms with E-state index >= 15 is 0 Å². The summed E-state index contributed by atoms with van der Waals surface area (Å²) in [5, 5.41) is 7.44. The van der Waals surface area contributed by atoms with Crippen molar-refractivity contribution in [1.29, 1.82) is 0 Å². The summed E-state index contributed by atoms with van der Waals surface area (Å²) < 4.78 is 10.3. The summed E-state index contributed by atoms with van der Waals surface area (Å²) in [7, 11) is 1.67. The lowest BCUT2D eigenvalue weighted by atomic mass is 10.1. The molecule has 1 unspecified atom stereocenters. The van der Waals surface area contributed by atoms with Crippen molar-refractivity contribution in [2.75, 3.05) is 7.11 Å². The molecule has 4 nitrogen and oxygen atoms in total. The lowest BCUT2D eigenvalue weighted by Gasteiger charge is -2.14. The number of hydrogen-bond donors (Lipinski definition) is 1. The quantitative estimate of drug-likeness (QED) is 0.897. The maximum atomic E-state index is 5.16. The van der Waals surface area contributed by atoms with Gasteiger partial charge in [0, 0.05) is 18.2 Å². The first kappa shape index (κ1) is 13.6. The van der Waals surface area contributed by atoms with E-state index in [1.807, 2.05) is 26.0 Å². The molecule has 0 aliphatic carbocycles. The Morgan fingerprint density at radius 1 is 1.26 bits per heavy atom. The van der Waals surface area contributed by atoms with E-state index in [9.17, 15) is 0 Å². The van der Waals surface area contributed by atoms with Crippen LogP contribution in [0.4, 0.5) is 0 Å². The van der Waals surface area contributed by atoms with Crippen LogP contribution < -0.4 is 10.1 Å². The second kappa shape index (κ2) is 5.89. The third-order valence-electron chi connectivity index (χ3n) is 3.38. The van der Waals surface area contributed by atoms with Gasteiger partial charge in [-0.2, -0.15) is 0 Å². The van der Waals surface area contributed by atoms with Crippen LogP contribution >= 0.6 is 0 Å². The molecule has 0 fully saturated rings. The molecule has 0 saturated carbocycles. The lowest BCUT2D eigenvalue weighted by molar-refractivity contribution is 0.391. The number of aromatic nitrogens is 1. The van der Waals surface area contributed by atoms with E-state index in [0.717, 1.165) is 29.3 Å². The Morgan fingerprint density at radius 2 is 1.95 bits per heavy atom. The summed E-state index contributed by atoms with van der Waals surface area (Å²) in [4.78, 5) is 0. The van der Waals surface area contributed by atoms with E-state index in [4.69, 9.17) is 9.26 Å². The van der Waals surface area contributed by atoms with Gasteiger partial charge in [-0.25, -0.2) is 0 Å². The highest BCUT2D eigenvalue weighted by Crippen LogP contribution is 2.19. The first-order valence-electron chi connectivity index (χ1n) is 6.41. The fraction of sp³-hybridized carbons (Fsp3) is 0.400. The molecule has 0 bridgehead atoms. The Hall–Kier alpha value is -1.81. The summed E-state index contributed by atoms with van der Waals surface area (Å²) in [6.45, 7) is 6.80. The maximum Gasteiger partial charge on any atom is 0.138 e. The van der Waals surface area contributed by atoms with Crippen molar-refractivity contribution in [3.05, 3.63) is 46.8 Å². The van der Waals surface area contributed by atoms with Crippen molar-refractivity contribution in [3.8, 4) is 5.75 Å². The van der Waals surface area contributed by atoms with Crippen LogP contribution in [0.5, 0.6) is 5.75 Å². The summed E-state index contributed by atoms with van der Waals surface area (Å²) >= 11 is 0. The Balaban J connectivity index is 1.99. The second-order valence-electron chi connectivity index (χ2n) is 4.68. The van der Waals surface area contributed by atoms with Gasteiger partial charge >= 0.3 is 0 Å². The fourth-order valence-electron chi connectivity index (χ4n) is 2.02. The van der Waals surface area contributed by atoms with Gasteiger partial charge in [-0.1, -0.05) is 17.3 Å². The first-order valence-corrected chi connectivity index (χ1v) is 6.41. The van der Waals surface area contributed by atoms with Crippen molar-refractivity contribution < 1.29 is 9.26 Å². The maximum absolute atomic E-state index is 5.16. The molecule has 0 amide bonds. The molecule has 1 aromatic heterocycles. The average Bonchev–Trinajstić information content (AvgIpc) is 2.75. The molecule has 1 N–H and O–H groups in total. The third-order valence-corrected chi connectivity index (χ3v) is 3.38. The van der Waals surface area contributed by atoms with Crippen LogP contribution in [0.2, 0.25) is 0 Å². The number of ether oxygens (including phenoxy) is 1. The van der Waals surface area contributed by atoms with Crippen molar-refractivity contribution in [1.82, 2.24) is 10.5 Å². The standard InChI is InChI=1S/C15H20N2O2/c1-10(13-5-7-14(18-4)8-6-13)16-9-15-11(2)17-19-12(15)3/h5-8,10,16H,9H2,1-4H3. The van der Waals surface area contributed by atoms with Gasteiger partial charge < -0.3 is 14.6 Å². The van der Waals surface area contributed by atoms with Crippen LogP contribution in [0.25, 0.3) is 0 Å². The predicted octanol–water partition coefficient (Wildman–Crippen LogP) is 3.15. The molecule has 0 spiro atoms. The minimum absolute atomic E-state index is 0.264. The fourth-order valence-corrected chi connectivity index (χ4v) is 2.02. The predicted molar refractivity (Wildman–Crippen MR) is 74.2 cm³/mol. The smallest absolute Gasteiger partial charge is 0.138 e. The van der Waals surface area contributed by atoms with Gasteiger partial charge in [0.15, 0.2) is 0 Å². The number of rotatable bonds is 5. The van der Waals surface area contributed by atoms with Gasteiger partial charge in [0.2, 0.25) is 0 Å². The number of nitrogens with zero attached hydrogens (tertiary/aromatic N) is 1. The summed E-state index contributed by atoms with van der Waals surface area (Å²) in [5.41, 5.74) is 3.32. The minimum Gasteiger partial charge on any atom is -0.497 e. The SMILES string of the molecule is COc1ccc(C(C)NCc2c(C)noc2C)cc1. The van der Waals surface area contributed by atoms with E-state index < -0.39 is 0 Å². The largest absolute Gasteiger partial charge is 0.497 e. The van der Waals surface area contributed by atoms with Crippen molar-refractivity contribution in [2.24, 2.45) is 0 Å². The molecule has 0 saturated heterocycles.